The van der Waals surface area contributed by atoms with Gasteiger partial charge in [-0.25, -0.2) is 4.99 Å². The zero-order valence-corrected chi connectivity index (χ0v) is 12.8. The molecule has 21 heavy (non-hydrogen) atoms. The standard InChI is InChI=1S/C19H21NO/c1-19(2,3)16-11-9-15(10-12-16)18-20-17(13-21-18)14-7-5-4-6-8-14/h4-12,17H,13H2,1-3H3. The molecule has 0 spiro atoms. The number of hydrogen-bond donors (Lipinski definition) is 0. The van der Waals surface area contributed by atoms with Gasteiger partial charge in [0.05, 0.1) is 0 Å². The Hall–Kier alpha value is -2.09. The summed E-state index contributed by atoms with van der Waals surface area (Å²) in [6.45, 7) is 7.28. The molecule has 1 aliphatic heterocycles. The van der Waals surface area contributed by atoms with E-state index in [0.717, 1.165) is 11.5 Å². The van der Waals surface area contributed by atoms with Gasteiger partial charge in [0, 0.05) is 5.56 Å². The number of nitrogens with zero attached hydrogens (tertiary/aromatic N) is 1. The van der Waals surface area contributed by atoms with E-state index in [-0.39, 0.29) is 11.5 Å². The van der Waals surface area contributed by atoms with Crippen LogP contribution in [-0.2, 0) is 10.2 Å². The molecule has 0 bridgehead atoms. The quantitative estimate of drug-likeness (QED) is 0.793. The summed E-state index contributed by atoms with van der Waals surface area (Å²) in [6, 6.07) is 19.0. The van der Waals surface area contributed by atoms with Crippen molar-refractivity contribution in [3.63, 3.8) is 0 Å². The SMILES string of the molecule is CC(C)(C)c1ccc(C2=NC(c3ccccc3)CO2)cc1. The van der Waals surface area contributed by atoms with Crippen LogP contribution in [0.1, 0.15) is 43.5 Å². The van der Waals surface area contributed by atoms with Crippen LogP contribution >= 0.6 is 0 Å². The normalized spacial score (nSPS) is 18.2. The van der Waals surface area contributed by atoms with Crippen LogP contribution in [0.15, 0.2) is 59.6 Å². The molecule has 0 aliphatic carbocycles. The van der Waals surface area contributed by atoms with E-state index in [0.29, 0.717) is 6.61 Å². The van der Waals surface area contributed by atoms with Gasteiger partial charge in [-0.2, -0.15) is 0 Å². The van der Waals surface area contributed by atoms with Crippen molar-refractivity contribution in [2.45, 2.75) is 32.2 Å². The molecule has 0 saturated heterocycles. The highest BCUT2D eigenvalue weighted by Crippen LogP contribution is 2.26. The van der Waals surface area contributed by atoms with Gasteiger partial charge in [-0.15, -0.1) is 0 Å². The van der Waals surface area contributed by atoms with Gasteiger partial charge >= 0.3 is 0 Å². The molecule has 0 N–H and O–H groups in total. The smallest absolute Gasteiger partial charge is 0.216 e. The third-order valence-corrected chi connectivity index (χ3v) is 3.83. The summed E-state index contributed by atoms with van der Waals surface area (Å²) in [5.74, 6) is 0.754. The molecule has 0 aromatic heterocycles. The topological polar surface area (TPSA) is 21.6 Å². The molecule has 3 rings (SSSR count). The van der Waals surface area contributed by atoms with Crippen LogP contribution in [0.5, 0.6) is 0 Å². The van der Waals surface area contributed by atoms with Crippen LogP contribution in [0.4, 0.5) is 0 Å². The Morgan fingerprint density at radius 1 is 0.952 bits per heavy atom. The lowest BCUT2D eigenvalue weighted by Crippen LogP contribution is -2.11. The van der Waals surface area contributed by atoms with Crippen LogP contribution in [0.2, 0.25) is 0 Å². The van der Waals surface area contributed by atoms with Gasteiger partial charge in [-0.05, 0) is 28.7 Å². The van der Waals surface area contributed by atoms with Crippen LogP contribution < -0.4 is 0 Å². The van der Waals surface area contributed by atoms with Crippen molar-refractivity contribution < 1.29 is 4.74 Å². The minimum Gasteiger partial charge on any atom is -0.475 e. The summed E-state index contributed by atoms with van der Waals surface area (Å²) in [5.41, 5.74) is 3.76. The van der Waals surface area contributed by atoms with Crippen LogP contribution in [0.25, 0.3) is 0 Å². The van der Waals surface area contributed by atoms with Gasteiger partial charge in [0.15, 0.2) is 0 Å². The van der Waals surface area contributed by atoms with Gasteiger partial charge in [-0.1, -0.05) is 63.2 Å². The van der Waals surface area contributed by atoms with E-state index in [1.165, 1.54) is 11.1 Å². The Morgan fingerprint density at radius 2 is 1.62 bits per heavy atom. The molecule has 108 valence electrons. The van der Waals surface area contributed by atoms with Crippen molar-refractivity contribution >= 4 is 5.90 Å². The molecular weight excluding hydrogens is 258 g/mol. The minimum absolute atomic E-state index is 0.114. The zero-order valence-electron chi connectivity index (χ0n) is 12.8. The van der Waals surface area contributed by atoms with Crippen molar-refractivity contribution in [3.05, 3.63) is 71.3 Å². The molecule has 2 nitrogen and oxygen atoms in total. The van der Waals surface area contributed by atoms with Crippen LogP contribution in [0, 0.1) is 0 Å². The zero-order chi connectivity index (χ0) is 14.9. The summed E-state index contributed by atoms with van der Waals surface area (Å²) < 4.78 is 5.78. The Morgan fingerprint density at radius 3 is 2.24 bits per heavy atom. The van der Waals surface area contributed by atoms with Crippen LogP contribution in [0.3, 0.4) is 0 Å². The summed E-state index contributed by atoms with van der Waals surface area (Å²) in [5, 5.41) is 0. The summed E-state index contributed by atoms with van der Waals surface area (Å²) in [4.78, 5) is 4.71. The maximum atomic E-state index is 5.78. The van der Waals surface area contributed by atoms with Gasteiger partial charge < -0.3 is 4.74 Å². The molecular formula is C19H21NO. The van der Waals surface area contributed by atoms with Crippen molar-refractivity contribution in [1.29, 1.82) is 0 Å². The van der Waals surface area contributed by atoms with Gasteiger partial charge in [0.25, 0.3) is 0 Å². The van der Waals surface area contributed by atoms with E-state index < -0.39 is 0 Å². The van der Waals surface area contributed by atoms with Crippen molar-refractivity contribution in [3.8, 4) is 0 Å². The molecule has 0 amide bonds. The van der Waals surface area contributed by atoms with E-state index in [1.807, 2.05) is 18.2 Å². The monoisotopic (exact) mass is 279 g/mol. The second-order valence-corrected chi connectivity index (χ2v) is 6.50. The maximum absolute atomic E-state index is 5.78. The Kier molecular flexibility index (Phi) is 3.54. The highest BCUT2D eigenvalue weighted by atomic mass is 16.5. The Labute approximate surface area is 126 Å². The maximum Gasteiger partial charge on any atom is 0.216 e. The largest absolute Gasteiger partial charge is 0.475 e. The highest BCUT2D eigenvalue weighted by Gasteiger charge is 2.22. The molecule has 1 unspecified atom stereocenters. The lowest BCUT2D eigenvalue weighted by atomic mass is 9.87. The van der Waals surface area contributed by atoms with E-state index in [2.05, 4.69) is 57.2 Å². The van der Waals surface area contributed by atoms with Gasteiger partial charge in [-0.3, -0.25) is 0 Å². The first-order valence-electron chi connectivity index (χ1n) is 7.40. The number of aliphatic imine (C=N–C) groups is 1. The first-order chi connectivity index (χ1) is 10.0. The second-order valence-electron chi connectivity index (χ2n) is 6.50. The number of rotatable bonds is 2. The predicted octanol–water partition coefficient (Wildman–Crippen LogP) is 4.50. The number of ether oxygens (including phenoxy) is 1. The highest BCUT2D eigenvalue weighted by molar-refractivity contribution is 5.95. The number of hydrogen-bond acceptors (Lipinski definition) is 2. The van der Waals surface area contributed by atoms with E-state index in [1.54, 1.807) is 0 Å². The number of benzene rings is 2. The predicted molar refractivity (Wildman–Crippen MR) is 86.8 cm³/mol. The first-order valence-corrected chi connectivity index (χ1v) is 7.40. The molecule has 2 aromatic rings. The fraction of sp³-hybridized carbons (Fsp3) is 0.316. The van der Waals surface area contributed by atoms with E-state index >= 15 is 0 Å². The van der Waals surface area contributed by atoms with Crippen molar-refractivity contribution in [2.24, 2.45) is 4.99 Å². The van der Waals surface area contributed by atoms with Crippen molar-refractivity contribution in [2.75, 3.05) is 6.61 Å². The second kappa shape index (κ2) is 5.36. The lowest BCUT2D eigenvalue weighted by Gasteiger charge is -2.19. The molecule has 0 saturated carbocycles. The van der Waals surface area contributed by atoms with Crippen LogP contribution in [-0.4, -0.2) is 12.5 Å². The fourth-order valence-electron chi connectivity index (χ4n) is 2.49. The molecule has 1 atom stereocenters. The minimum atomic E-state index is 0.114. The summed E-state index contributed by atoms with van der Waals surface area (Å²) in [7, 11) is 0. The Bertz CT molecular complexity index is 636. The lowest BCUT2D eigenvalue weighted by molar-refractivity contribution is 0.320. The molecule has 2 aromatic carbocycles. The van der Waals surface area contributed by atoms with Gasteiger partial charge in [0.1, 0.15) is 12.6 Å². The Balaban J connectivity index is 1.82. The molecule has 1 heterocycles. The molecule has 1 aliphatic rings. The molecule has 0 fully saturated rings. The van der Waals surface area contributed by atoms with Gasteiger partial charge in [0.2, 0.25) is 5.90 Å². The average molecular weight is 279 g/mol. The molecule has 2 heteroatoms. The average Bonchev–Trinajstić information content (AvgIpc) is 2.97. The summed E-state index contributed by atoms with van der Waals surface area (Å²) in [6.07, 6.45) is 0. The fourth-order valence-corrected chi connectivity index (χ4v) is 2.49. The molecule has 0 radical (unpaired) electrons. The van der Waals surface area contributed by atoms with E-state index in [9.17, 15) is 0 Å². The third-order valence-electron chi connectivity index (χ3n) is 3.83. The summed E-state index contributed by atoms with van der Waals surface area (Å²) >= 11 is 0. The third kappa shape index (κ3) is 2.99. The van der Waals surface area contributed by atoms with E-state index in [4.69, 9.17) is 9.73 Å². The van der Waals surface area contributed by atoms with Crippen molar-refractivity contribution in [1.82, 2.24) is 0 Å². The first kappa shape index (κ1) is 13.9.